The third-order valence-corrected chi connectivity index (χ3v) is 5.94. The van der Waals surface area contributed by atoms with Gasteiger partial charge in [0.1, 0.15) is 0 Å². The predicted octanol–water partition coefficient (Wildman–Crippen LogP) is 3.49. The van der Waals surface area contributed by atoms with E-state index in [1.807, 2.05) is 53.4 Å². The summed E-state index contributed by atoms with van der Waals surface area (Å²) in [6, 6.07) is 15.8. The lowest BCUT2D eigenvalue weighted by atomic mass is 10.1. The van der Waals surface area contributed by atoms with Crippen molar-refractivity contribution in [3.63, 3.8) is 0 Å². The molecule has 1 N–H and O–H groups in total. The number of hydrogen-bond donors (Lipinski definition) is 1. The summed E-state index contributed by atoms with van der Waals surface area (Å²) in [6.45, 7) is 11.3. The Labute approximate surface area is 185 Å². The summed E-state index contributed by atoms with van der Waals surface area (Å²) in [6.07, 6.45) is 0.882. The first kappa shape index (κ1) is 22.8. The smallest absolute Gasteiger partial charge is 0.253 e. The number of carbonyl (C=O) groups is 2. The fourth-order valence-corrected chi connectivity index (χ4v) is 4.04. The number of hydrogen-bond acceptors (Lipinski definition) is 4. The fraction of sp³-hybridized carbons (Fsp3) is 0.440. The van der Waals surface area contributed by atoms with E-state index in [-0.39, 0.29) is 11.8 Å². The quantitative estimate of drug-likeness (QED) is 0.708. The first-order valence-electron chi connectivity index (χ1n) is 11.3. The largest absolute Gasteiger partial charge is 0.372 e. The van der Waals surface area contributed by atoms with Gasteiger partial charge in [0.2, 0.25) is 5.91 Å². The lowest BCUT2D eigenvalue weighted by Gasteiger charge is -2.34. The van der Waals surface area contributed by atoms with Crippen LogP contribution in [0, 0.1) is 0 Å². The number of rotatable bonds is 8. The predicted molar refractivity (Wildman–Crippen MR) is 127 cm³/mol. The standard InChI is InChI=1S/C25H34N4O2/c1-4-20-9-7-8-10-23(20)26-24(30)19-27-15-17-29(18-16-27)25(31)21-11-13-22(14-12-21)28(5-2)6-3/h7-14H,4-6,15-19H2,1-3H3,(H,26,30). The van der Waals surface area contributed by atoms with Gasteiger partial charge in [0, 0.05) is 56.2 Å². The molecule has 0 unspecified atom stereocenters. The highest BCUT2D eigenvalue weighted by molar-refractivity contribution is 5.95. The van der Waals surface area contributed by atoms with Gasteiger partial charge in [-0.1, -0.05) is 25.1 Å². The lowest BCUT2D eigenvalue weighted by molar-refractivity contribution is -0.117. The number of carbonyl (C=O) groups excluding carboxylic acids is 2. The van der Waals surface area contributed by atoms with Gasteiger partial charge in [0.15, 0.2) is 0 Å². The van der Waals surface area contributed by atoms with Crippen LogP contribution in [0.1, 0.15) is 36.7 Å². The van der Waals surface area contributed by atoms with E-state index in [0.717, 1.165) is 42.0 Å². The first-order chi connectivity index (χ1) is 15.0. The fourth-order valence-electron chi connectivity index (χ4n) is 4.04. The van der Waals surface area contributed by atoms with Crippen LogP contribution in [-0.2, 0) is 11.2 Å². The Hall–Kier alpha value is -2.86. The molecule has 1 heterocycles. The number of aryl methyl sites for hydroxylation is 1. The molecular formula is C25H34N4O2. The van der Waals surface area contributed by atoms with Crippen LogP contribution >= 0.6 is 0 Å². The molecule has 166 valence electrons. The maximum absolute atomic E-state index is 12.9. The van der Waals surface area contributed by atoms with Crippen molar-refractivity contribution in [1.82, 2.24) is 9.80 Å². The normalized spacial score (nSPS) is 14.4. The van der Waals surface area contributed by atoms with Crippen molar-refractivity contribution in [2.45, 2.75) is 27.2 Å². The van der Waals surface area contributed by atoms with Crippen LogP contribution in [0.15, 0.2) is 48.5 Å². The Morgan fingerprint density at radius 3 is 2.16 bits per heavy atom. The van der Waals surface area contributed by atoms with E-state index >= 15 is 0 Å². The molecule has 2 amide bonds. The van der Waals surface area contributed by atoms with Crippen molar-refractivity contribution in [1.29, 1.82) is 0 Å². The number of piperazine rings is 1. The van der Waals surface area contributed by atoms with E-state index in [2.05, 4.69) is 35.9 Å². The van der Waals surface area contributed by atoms with E-state index in [9.17, 15) is 9.59 Å². The summed E-state index contributed by atoms with van der Waals surface area (Å²) in [7, 11) is 0. The Balaban J connectivity index is 1.50. The van der Waals surface area contributed by atoms with Crippen LogP contribution < -0.4 is 10.2 Å². The summed E-state index contributed by atoms with van der Waals surface area (Å²) in [5.41, 5.74) is 3.88. The molecule has 0 aromatic heterocycles. The van der Waals surface area contributed by atoms with Gasteiger partial charge >= 0.3 is 0 Å². The highest BCUT2D eigenvalue weighted by Crippen LogP contribution is 2.18. The zero-order chi connectivity index (χ0) is 22.2. The van der Waals surface area contributed by atoms with Gasteiger partial charge in [-0.05, 0) is 56.2 Å². The van der Waals surface area contributed by atoms with Gasteiger partial charge in [-0.2, -0.15) is 0 Å². The van der Waals surface area contributed by atoms with Crippen LogP contribution in [0.4, 0.5) is 11.4 Å². The van der Waals surface area contributed by atoms with Crippen LogP contribution in [0.2, 0.25) is 0 Å². The molecule has 1 aliphatic heterocycles. The van der Waals surface area contributed by atoms with E-state index < -0.39 is 0 Å². The minimum atomic E-state index is -0.00679. The molecule has 3 rings (SSSR count). The molecule has 0 saturated carbocycles. The van der Waals surface area contributed by atoms with Gasteiger partial charge in [-0.15, -0.1) is 0 Å². The highest BCUT2D eigenvalue weighted by atomic mass is 16.2. The zero-order valence-electron chi connectivity index (χ0n) is 18.9. The van der Waals surface area contributed by atoms with Crippen molar-refractivity contribution < 1.29 is 9.59 Å². The SMILES string of the molecule is CCc1ccccc1NC(=O)CN1CCN(C(=O)c2ccc(N(CC)CC)cc2)CC1. The minimum absolute atomic E-state index is 0.00679. The second kappa shape index (κ2) is 11.0. The number of benzene rings is 2. The van der Waals surface area contributed by atoms with Gasteiger partial charge in [-0.3, -0.25) is 14.5 Å². The highest BCUT2D eigenvalue weighted by Gasteiger charge is 2.23. The molecule has 1 saturated heterocycles. The summed E-state index contributed by atoms with van der Waals surface area (Å²) in [5, 5.41) is 3.03. The summed E-state index contributed by atoms with van der Waals surface area (Å²) in [4.78, 5) is 31.6. The van der Waals surface area contributed by atoms with E-state index in [1.165, 1.54) is 0 Å². The molecular weight excluding hydrogens is 388 g/mol. The topological polar surface area (TPSA) is 55.9 Å². The van der Waals surface area contributed by atoms with Gasteiger partial charge in [0.25, 0.3) is 5.91 Å². The summed E-state index contributed by atoms with van der Waals surface area (Å²) in [5.74, 6) is 0.0553. The lowest BCUT2D eigenvalue weighted by Crippen LogP contribution is -2.50. The van der Waals surface area contributed by atoms with Crippen LogP contribution in [0.25, 0.3) is 0 Å². The van der Waals surface area contributed by atoms with Crippen molar-refractivity contribution in [2.75, 3.05) is 56.0 Å². The number of anilines is 2. The second-order valence-electron chi connectivity index (χ2n) is 7.85. The van der Waals surface area contributed by atoms with Crippen molar-refractivity contribution in [2.24, 2.45) is 0 Å². The minimum Gasteiger partial charge on any atom is -0.372 e. The second-order valence-corrected chi connectivity index (χ2v) is 7.85. The van der Waals surface area contributed by atoms with Gasteiger partial charge in [0.05, 0.1) is 6.54 Å². The molecule has 31 heavy (non-hydrogen) atoms. The van der Waals surface area contributed by atoms with E-state index in [1.54, 1.807) is 0 Å². The van der Waals surface area contributed by atoms with Gasteiger partial charge < -0.3 is 15.1 Å². The van der Waals surface area contributed by atoms with Crippen molar-refractivity contribution in [3.05, 3.63) is 59.7 Å². The average molecular weight is 423 g/mol. The van der Waals surface area contributed by atoms with Crippen molar-refractivity contribution in [3.8, 4) is 0 Å². The number of nitrogens with zero attached hydrogens (tertiary/aromatic N) is 3. The maximum atomic E-state index is 12.9. The van der Waals surface area contributed by atoms with E-state index in [0.29, 0.717) is 32.7 Å². The molecule has 0 radical (unpaired) electrons. The Morgan fingerprint density at radius 2 is 1.55 bits per heavy atom. The monoisotopic (exact) mass is 422 g/mol. The number of nitrogens with one attached hydrogen (secondary N) is 1. The van der Waals surface area contributed by atoms with Gasteiger partial charge in [-0.25, -0.2) is 0 Å². The molecule has 6 heteroatoms. The molecule has 0 aliphatic carbocycles. The third kappa shape index (κ3) is 5.85. The molecule has 0 spiro atoms. The Bertz CT molecular complexity index is 869. The summed E-state index contributed by atoms with van der Waals surface area (Å²) >= 11 is 0. The number of para-hydroxylation sites is 1. The van der Waals surface area contributed by atoms with Crippen LogP contribution in [0.3, 0.4) is 0 Å². The van der Waals surface area contributed by atoms with Crippen molar-refractivity contribution >= 4 is 23.2 Å². The summed E-state index contributed by atoms with van der Waals surface area (Å²) < 4.78 is 0. The first-order valence-corrected chi connectivity index (χ1v) is 11.3. The Morgan fingerprint density at radius 1 is 0.903 bits per heavy atom. The Kier molecular flexibility index (Phi) is 8.06. The molecule has 1 fully saturated rings. The van der Waals surface area contributed by atoms with Crippen LogP contribution in [-0.4, -0.2) is 67.4 Å². The molecule has 2 aromatic rings. The molecule has 2 aromatic carbocycles. The van der Waals surface area contributed by atoms with E-state index in [4.69, 9.17) is 0 Å². The molecule has 0 bridgehead atoms. The third-order valence-electron chi connectivity index (χ3n) is 5.94. The van der Waals surface area contributed by atoms with Crippen LogP contribution in [0.5, 0.6) is 0 Å². The average Bonchev–Trinajstić information content (AvgIpc) is 2.80. The maximum Gasteiger partial charge on any atom is 0.253 e. The molecule has 1 aliphatic rings. The zero-order valence-corrected chi connectivity index (χ0v) is 18.9. The molecule has 0 atom stereocenters. The molecule has 6 nitrogen and oxygen atoms in total. The number of amides is 2.